The van der Waals surface area contributed by atoms with Gasteiger partial charge in [0.1, 0.15) is 17.5 Å². The molecule has 1 unspecified atom stereocenters. The number of H-pyrrole nitrogens is 1. The van der Waals surface area contributed by atoms with Gasteiger partial charge < -0.3 is 24.6 Å². The third-order valence-electron chi connectivity index (χ3n) is 8.00. The summed E-state index contributed by atoms with van der Waals surface area (Å²) in [4.78, 5) is 42.8. The highest BCUT2D eigenvalue weighted by Crippen LogP contribution is 2.53. The number of aromatic amines is 1. The first kappa shape index (κ1) is 23.0. The topological polar surface area (TPSA) is 117 Å². The van der Waals surface area contributed by atoms with Gasteiger partial charge in [-0.25, -0.2) is 0 Å². The minimum Gasteiger partial charge on any atom is -0.493 e. The third-order valence-corrected chi connectivity index (χ3v) is 8.00. The molecular formula is C28H27N5O5. The van der Waals surface area contributed by atoms with Gasteiger partial charge >= 0.3 is 0 Å². The average molecular weight is 514 g/mol. The molecule has 3 amide bonds. The fourth-order valence-corrected chi connectivity index (χ4v) is 5.78. The van der Waals surface area contributed by atoms with Gasteiger partial charge in [-0.05, 0) is 67.8 Å². The highest BCUT2D eigenvalue weighted by atomic mass is 16.5. The fourth-order valence-electron chi connectivity index (χ4n) is 5.78. The fraction of sp³-hybridized carbons (Fsp3) is 0.357. The molecule has 1 aromatic heterocycles. The van der Waals surface area contributed by atoms with Gasteiger partial charge in [-0.2, -0.15) is 5.10 Å². The Labute approximate surface area is 218 Å². The molecular weight excluding hydrogens is 486 g/mol. The molecule has 4 aliphatic rings. The van der Waals surface area contributed by atoms with Gasteiger partial charge in [0.2, 0.25) is 0 Å². The maximum atomic E-state index is 13.6. The van der Waals surface area contributed by atoms with Crippen LogP contribution < -0.4 is 19.9 Å². The second-order valence-electron chi connectivity index (χ2n) is 10.4. The Hall–Kier alpha value is -4.18. The van der Waals surface area contributed by atoms with Gasteiger partial charge in [-0.3, -0.25) is 19.5 Å². The van der Waals surface area contributed by atoms with E-state index >= 15 is 0 Å². The van der Waals surface area contributed by atoms with E-state index in [1.807, 2.05) is 42.5 Å². The first-order chi connectivity index (χ1) is 18.4. The summed E-state index contributed by atoms with van der Waals surface area (Å²) >= 11 is 0. The second kappa shape index (κ2) is 8.42. The number of carbonyl (C=O) groups is 3. The van der Waals surface area contributed by atoms with Crippen LogP contribution in [0.15, 0.2) is 42.5 Å². The van der Waals surface area contributed by atoms with E-state index in [2.05, 4.69) is 15.5 Å². The van der Waals surface area contributed by atoms with Crippen molar-refractivity contribution in [2.24, 2.45) is 0 Å². The van der Waals surface area contributed by atoms with E-state index in [1.54, 1.807) is 16.7 Å². The maximum Gasteiger partial charge on any atom is 0.276 e. The molecule has 1 spiro atoms. The average Bonchev–Trinajstić information content (AvgIpc) is 3.31. The summed E-state index contributed by atoms with van der Waals surface area (Å²) in [5.74, 6) is 0.225. The molecule has 4 heterocycles. The first-order valence-corrected chi connectivity index (χ1v) is 12.9. The zero-order chi connectivity index (χ0) is 26.0. The number of anilines is 3. The largest absolute Gasteiger partial charge is 0.493 e. The second-order valence-corrected chi connectivity index (χ2v) is 10.4. The van der Waals surface area contributed by atoms with Crippen LogP contribution in [-0.2, 0) is 21.4 Å². The number of hydrogen-bond donors (Lipinski definition) is 2. The van der Waals surface area contributed by atoms with Crippen molar-refractivity contribution in [3.05, 3.63) is 65.0 Å². The molecule has 0 bridgehead atoms. The number of morpholine rings is 1. The van der Waals surface area contributed by atoms with E-state index < -0.39 is 6.10 Å². The summed E-state index contributed by atoms with van der Waals surface area (Å²) in [5.41, 5.74) is 4.31. The van der Waals surface area contributed by atoms with Crippen molar-refractivity contribution in [1.29, 1.82) is 0 Å². The first-order valence-electron chi connectivity index (χ1n) is 12.9. The van der Waals surface area contributed by atoms with Crippen LogP contribution in [0, 0.1) is 0 Å². The minimum atomic E-state index is -0.469. The number of amides is 3. The van der Waals surface area contributed by atoms with Gasteiger partial charge in [-0.15, -0.1) is 0 Å². The summed E-state index contributed by atoms with van der Waals surface area (Å²) in [5, 5.41) is 10.1. The smallest absolute Gasteiger partial charge is 0.276 e. The highest BCUT2D eigenvalue weighted by molar-refractivity contribution is 6.12. The van der Waals surface area contributed by atoms with E-state index in [9.17, 15) is 14.4 Å². The van der Waals surface area contributed by atoms with Gasteiger partial charge in [-0.1, -0.05) is 0 Å². The molecule has 3 aromatic rings. The Morgan fingerprint density at radius 3 is 2.61 bits per heavy atom. The summed E-state index contributed by atoms with van der Waals surface area (Å²) in [6.07, 6.45) is 2.09. The molecule has 7 rings (SSSR count). The third kappa shape index (κ3) is 3.59. The molecule has 2 fully saturated rings. The number of nitrogens with one attached hydrogen (secondary N) is 2. The van der Waals surface area contributed by atoms with E-state index in [-0.39, 0.29) is 28.8 Å². The monoisotopic (exact) mass is 513 g/mol. The lowest BCUT2D eigenvalue weighted by molar-refractivity contribution is -0.132. The maximum absolute atomic E-state index is 13.6. The van der Waals surface area contributed by atoms with Crippen LogP contribution in [0.2, 0.25) is 0 Å². The molecule has 2 N–H and O–H groups in total. The minimum absolute atomic E-state index is 0.0730. The number of carbonyl (C=O) groups excluding carboxylic acids is 3. The summed E-state index contributed by atoms with van der Waals surface area (Å²) < 4.78 is 11.0. The number of aromatic nitrogens is 2. The van der Waals surface area contributed by atoms with Crippen LogP contribution in [0.1, 0.15) is 51.9 Å². The predicted molar refractivity (Wildman–Crippen MR) is 139 cm³/mol. The Balaban J connectivity index is 1.14. The molecule has 2 aromatic carbocycles. The number of hydrogen-bond acceptors (Lipinski definition) is 6. The van der Waals surface area contributed by atoms with Crippen molar-refractivity contribution < 1.29 is 23.9 Å². The Kier molecular flexibility index (Phi) is 5.09. The molecule has 1 atom stereocenters. The number of ether oxygens (including phenoxy) is 2. The quantitative estimate of drug-likeness (QED) is 0.554. The number of rotatable bonds is 4. The number of nitrogens with zero attached hydrogens (tertiary/aromatic N) is 3. The molecule has 10 nitrogen and oxygen atoms in total. The Bertz CT molecular complexity index is 1480. The van der Waals surface area contributed by atoms with Crippen LogP contribution >= 0.6 is 0 Å². The molecule has 194 valence electrons. The molecule has 10 heteroatoms. The van der Waals surface area contributed by atoms with Crippen LogP contribution in [0.25, 0.3) is 0 Å². The lowest BCUT2D eigenvalue weighted by Crippen LogP contribution is -2.46. The van der Waals surface area contributed by atoms with Gasteiger partial charge in [0, 0.05) is 47.6 Å². The lowest BCUT2D eigenvalue weighted by atomic mass is 9.88. The normalized spacial score (nSPS) is 21.2. The SMILES string of the molecule is CC1OCCN(c2ccc(N3CC4(CC4)c4c(C(=O)Nc5ccc6c(c5)CCO6)n[nH]c4C3=O)cc2)C1=O. The number of benzene rings is 2. The molecule has 1 saturated heterocycles. The van der Waals surface area contributed by atoms with Crippen molar-refractivity contribution in [1.82, 2.24) is 10.2 Å². The van der Waals surface area contributed by atoms with Crippen molar-refractivity contribution in [3.63, 3.8) is 0 Å². The van der Waals surface area contributed by atoms with Crippen molar-refractivity contribution >= 4 is 34.8 Å². The molecule has 3 aliphatic heterocycles. The van der Waals surface area contributed by atoms with Crippen molar-refractivity contribution in [3.8, 4) is 5.75 Å². The van der Waals surface area contributed by atoms with E-state index in [0.717, 1.165) is 42.0 Å². The Morgan fingerprint density at radius 1 is 1.08 bits per heavy atom. The van der Waals surface area contributed by atoms with Gasteiger partial charge in [0.15, 0.2) is 5.69 Å². The molecule has 0 radical (unpaired) electrons. The van der Waals surface area contributed by atoms with Crippen molar-refractivity contribution in [2.45, 2.75) is 37.7 Å². The van der Waals surface area contributed by atoms with E-state index in [4.69, 9.17) is 9.47 Å². The highest BCUT2D eigenvalue weighted by Gasteiger charge is 2.55. The van der Waals surface area contributed by atoms with Crippen molar-refractivity contribution in [2.75, 3.05) is 41.4 Å². The van der Waals surface area contributed by atoms with Gasteiger partial charge in [0.25, 0.3) is 17.7 Å². The van der Waals surface area contributed by atoms with Crippen LogP contribution in [-0.4, -0.2) is 60.3 Å². The zero-order valence-electron chi connectivity index (χ0n) is 21.0. The molecule has 1 aliphatic carbocycles. The van der Waals surface area contributed by atoms with E-state index in [0.29, 0.717) is 43.2 Å². The van der Waals surface area contributed by atoms with E-state index in [1.165, 1.54) is 0 Å². The zero-order valence-corrected chi connectivity index (χ0v) is 21.0. The lowest BCUT2D eigenvalue weighted by Gasteiger charge is -2.34. The van der Waals surface area contributed by atoms with Gasteiger partial charge in [0.05, 0.1) is 13.2 Å². The number of fused-ring (bicyclic) bond motifs is 3. The van der Waals surface area contributed by atoms with Crippen LogP contribution in [0.4, 0.5) is 17.1 Å². The molecule has 1 saturated carbocycles. The Morgan fingerprint density at radius 2 is 1.84 bits per heavy atom. The summed E-state index contributed by atoms with van der Waals surface area (Å²) in [6.45, 7) is 3.86. The molecule has 38 heavy (non-hydrogen) atoms. The van der Waals surface area contributed by atoms with Crippen LogP contribution in [0.3, 0.4) is 0 Å². The summed E-state index contributed by atoms with van der Waals surface area (Å²) in [7, 11) is 0. The van der Waals surface area contributed by atoms with Crippen LogP contribution in [0.5, 0.6) is 5.75 Å². The summed E-state index contributed by atoms with van der Waals surface area (Å²) in [6, 6.07) is 13.1. The standard InChI is InChI=1S/C28H27N5O5/c1-16-26(35)32(11-13-37-16)19-3-5-20(6-4-19)33-15-28(9-10-28)22-23(30-31-24(22)27(33)36)25(34)29-18-2-7-21-17(14-18)8-12-38-21/h2-7,14,16H,8-13,15H2,1H3,(H,29,34)(H,30,31). The predicted octanol–water partition coefficient (Wildman–Crippen LogP) is 3.04.